The Kier molecular flexibility index (Phi) is 3.58. The van der Waals surface area contributed by atoms with Gasteiger partial charge in [-0.15, -0.1) is 0 Å². The smallest absolute Gasteiger partial charge is 0.310 e. The van der Waals surface area contributed by atoms with Crippen molar-refractivity contribution in [3.63, 3.8) is 0 Å². The van der Waals surface area contributed by atoms with Gasteiger partial charge in [0.15, 0.2) is 0 Å². The van der Waals surface area contributed by atoms with Crippen LogP contribution in [0.25, 0.3) is 16.6 Å². The Morgan fingerprint density at radius 1 is 1.41 bits per heavy atom. The summed E-state index contributed by atoms with van der Waals surface area (Å²) in [7, 11) is 1.33. The molecule has 0 aliphatic carbocycles. The number of aryl methyl sites for hydroxylation is 1. The van der Waals surface area contributed by atoms with E-state index in [4.69, 9.17) is 4.74 Å². The van der Waals surface area contributed by atoms with E-state index < -0.39 is 0 Å². The van der Waals surface area contributed by atoms with Gasteiger partial charge in [0.1, 0.15) is 5.82 Å². The molecule has 1 aromatic carbocycles. The Bertz CT molecular complexity index is 844. The van der Waals surface area contributed by atoms with Crippen LogP contribution in [0.1, 0.15) is 11.3 Å². The molecule has 0 saturated carbocycles. The van der Waals surface area contributed by atoms with Crippen LogP contribution in [0, 0.1) is 12.7 Å². The second kappa shape index (κ2) is 5.55. The van der Waals surface area contributed by atoms with Gasteiger partial charge in [-0.05, 0) is 31.2 Å². The number of halogens is 1. The van der Waals surface area contributed by atoms with Crippen LogP contribution in [0.2, 0.25) is 0 Å². The van der Waals surface area contributed by atoms with E-state index in [-0.39, 0.29) is 18.2 Å². The molecule has 0 atom stereocenters. The molecule has 0 saturated heterocycles. The summed E-state index contributed by atoms with van der Waals surface area (Å²) in [5, 5.41) is 4.82. The summed E-state index contributed by atoms with van der Waals surface area (Å²) >= 11 is 0. The first-order valence-electron chi connectivity index (χ1n) is 6.75. The Labute approximate surface area is 126 Å². The van der Waals surface area contributed by atoms with Crippen LogP contribution in [-0.4, -0.2) is 27.8 Å². The number of benzene rings is 1. The summed E-state index contributed by atoms with van der Waals surface area (Å²) in [5.74, 6) is -0.746. The van der Waals surface area contributed by atoms with E-state index in [2.05, 4.69) is 10.1 Å². The molecule has 0 aliphatic heterocycles. The van der Waals surface area contributed by atoms with Gasteiger partial charge in [-0.25, -0.2) is 9.07 Å². The fourth-order valence-electron chi connectivity index (χ4n) is 2.47. The van der Waals surface area contributed by atoms with Crippen LogP contribution in [0.4, 0.5) is 4.39 Å². The van der Waals surface area contributed by atoms with E-state index in [0.29, 0.717) is 27.8 Å². The highest BCUT2D eigenvalue weighted by Gasteiger charge is 2.18. The fourth-order valence-corrected chi connectivity index (χ4v) is 2.47. The average Bonchev–Trinajstić information content (AvgIpc) is 3.02. The highest BCUT2D eigenvalue weighted by molar-refractivity contribution is 5.90. The molecule has 0 N–H and O–H groups in total. The molecule has 112 valence electrons. The number of hydrogen-bond acceptors (Lipinski definition) is 4. The summed E-state index contributed by atoms with van der Waals surface area (Å²) in [5.41, 5.74) is 2.67. The molecule has 0 amide bonds. The summed E-state index contributed by atoms with van der Waals surface area (Å²) in [6.45, 7) is 1.81. The zero-order valence-corrected chi connectivity index (χ0v) is 12.2. The van der Waals surface area contributed by atoms with Crippen molar-refractivity contribution in [1.82, 2.24) is 14.8 Å². The van der Waals surface area contributed by atoms with E-state index in [1.165, 1.54) is 19.2 Å². The fraction of sp³-hybridized carbons (Fsp3) is 0.188. The summed E-state index contributed by atoms with van der Waals surface area (Å²) in [6, 6.07) is 6.15. The number of fused-ring (bicyclic) bond motifs is 1. The van der Waals surface area contributed by atoms with Gasteiger partial charge in [0.25, 0.3) is 0 Å². The lowest BCUT2D eigenvalue weighted by Gasteiger charge is -2.15. The summed E-state index contributed by atoms with van der Waals surface area (Å²) in [4.78, 5) is 16.2. The molecule has 2 aromatic heterocycles. The predicted octanol–water partition coefficient (Wildman–Crippen LogP) is 2.58. The number of ether oxygens (including phenoxy) is 1. The molecule has 0 radical (unpaired) electrons. The quantitative estimate of drug-likeness (QED) is 0.698. The Balaban J connectivity index is 2.35. The van der Waals surface area contributed by atoms with Crippen LogP contribution in [-0.2, 0) is 16.0 Å². The van der Waals surface area contributed by atoms with Crippen LogP contribution < -0.4 is 0 Å². The van der Waals surface area contributed by atoms with Gasteiger partial charge >= 0.3 is 5.97 Å². The first-order chi connectivity index (χ1) is 10.6. The number of rotatable bonds is 3. The first kappa shape index (κ1) is 14.2. The highest BCUT2D eigenvalue weighted by atomic mass is 19.1. The molecule has 0 aliphatic rings. The summed E-state index contributed by atoms with van der Waals surface area (Å²) < 4.78 is 20.0. The van der Waals surface area contributed by atoms with Gasteiger partial charge < -0.3 is 4.74 Å². The number of nitrogens with zero attached hydrogens (tertiary/aromatic N) is 3. The minimum Gasteiger partial charge on any atom is -0.469 e. The SMILES string of the molecule is COC(=O)Cc1c(C)nc2ccc(F)cc2c1-n1cccn1. The van der Waals surface area contributed by atoms with Crippen LogP contribution in [0.15, 0.2) is 36.7 Å². The Morgan fingerprint density at radius 3 is 2.91 bits per heavy atom. The zero-order valence-electron chi connectivity index (χ0n) is 12.2. The molecule has 0 fully saturated rings. The summed E-state index contributed by atoms with van der Waals surface area (Å²) in [6.07, 6.45) is 3.43. The lowest BCUT2D eigenvalue weighted by Crippen LogP contribution is -2.12. The Hall–Kier alpha value is -2.76. The third-order valence-corrected chi connectivity index (χ3v) is 3.51. The number of carbonyl (C=O) groups excluding carboxylic acids is 1. The van der Waals surface area contributed by atoms with Crippen molar-refractivity contribution >= 4 is 16.9 Å². The minimum atomic E-state index is -0.381. The molecule has 5 nitrogen and oxygen atoms in total. The molecule has 0 bridgehead atoms. The topological polar surface area (TPSA) is 57.0 Å². The van der Waals surface area contributed by atoms with Crippen LogP contribution >= 0.6 is 0 Å². The number of esters is 1. The average molecular weight is 299 g/mol. The zero-order chi connectivity index (χ0) is 15.7. The van der Waals surface area contributed by atoms with Gasteiger partial charge in [-0.2, -0.15) is 5.10 Å². The van der Waals surface area contributed by atoms with E-state index in [0.717, 1.165) is 0 Å². The largest absolute Gasteiger partial charge is 0.469 e. The number of pyridine rings is 1. The van der Waals surface area contributed by atoms with Crippen molar-refractivity contribution in [3.05, 3.63) is 53.7 Å². The number of methoxy groups -OCH3 is 1. The molecule has 0 unspecified atom stereocenters. The maximum atomic E-state index is 13.7. The second-order valence-electron chi connectivity index (χ2n) is 4.89. The maximum absolute atomic E-state index is 13.7. The van der Waals surface area contributed by atoms with Crippen LogP contribution in [0.5, 0.6) is 0 Å². The standard InChI is InChI=1S/C16H14FN3O2/c1-10-12(9-15(21)22-2)16(20-7-3-6-18-20)13-8-11(17)4-5-14(13)19-10/h3-8H,9H2,1-2H3. The van der Waals surface area contributed by atoms with E-state index >= 15 is 0 Å². The predicted molar refractivity (Wildman–Crippen MR) is 79.3 cm³/mol. The molecular formula is C16H14FN3O2. The molecule has 3 aromatic rings. The van der Waals surface area contributed by atoms with Crippen molar-refractivity contribution in [1.29, 1.82) is 0 Å². The van der Waals surface area contributed by atoms with E-state index in [1.807, 2.05) is 6.92 Å². The molecule has 3 rings (SSSR count). The molecular weight excluding hydrogens is 285 g/mol. The van der Waals surface area contributed by atoms with Crippen molar-refractivity contribution in [2.45, 2.75) is 13.3 Å². The van der Waals surface area contributed by atoms with Crippen molar-refractivity contribution in [2.24, 2.45) is 0 Å². The van der Waals surface area contributed by atoms with Crippen molar-refractivity contribution in [2.75, 3.05) is 7.11 Å². The maximum Gasteiger partial charge on any atom is 0.310 e. The Morgan fingerprint density at radius 2 is 2.23 bits per heavy atom. The number of carbonyl (C=O) groups is 1. The normalized spacial score (nSPS) is 10.9. The third kappa shape index (κ3) is 2.43. The monoisotopic (exact) mass is 299 g/mol. The third-order valence-electron chi connectivity index (χ3n) is 3.51. The molecule has 6 heteroatoms. The van der Waals surface area contributed by atoms with Gasteiger partial charge in [-0.3, -0.25) is 9.78 Å². The van der Waals surface area contributed by atoms with Gasteiger partial charge in [0, 0.05) is 29.0 Å². The van der Waals surface area contributed by atoms with Crippen LogP contribution in [0.3, 0.4) is 0 Å². The van der Waals surface area contributed by atoms with Gasteiger partial charge in [-0.1, -0.05) is 0 Å². The lowest BCUT2D eigenvalue weighted by molar-refractivity contribution is -0.139. The van der Waals surface area contributed by atoms with E-state index in [9.17, 15) is 9.18 Å². The minimum absolute atomic E-state index is 0.0526. The lowest BCUT2D eigenvalue weighted by atomic mass is 10.0. The first-order valence-corrected chi connectivity index (χ1v) is 6.75. The van der Waals surface area contributed by atoms with Crippen molar-refractivity contribution in [3.8, 4) is 5.69 Å². The molecule has 2 heterocycles. The highest BCUT2D eigenvalue weighted by Crippen LogP contribution is 2.28. The van der Waals surface area contributed by atoms with E-state index in [1.54, 1.807) is 29.2 Å². The van der Waals surface area contributed by atoms with Gasteiger partial charge in [0.05, 0.1) is 24.7 Å². The number of aromatic nitrogens is 3. The molecule has 22 heavy (non-hydrogen) atoms. The number of hydrogen-bond donors (Lipinski definition) is 0. The second-order valence-corrected chi connectivity index (χ2v) is 4.89. The van der Waals surface area contributed by atoms with Gasteiger partial charge in [0.2, 0.25) is 0 Å². The van der Waals surface area contributed by atoms with Crippen molar-refractivity contribution < 1.29 is 13.9 Å². The molecule has 0 spiro atoms.